The Morgan fingerprint density at radius 3 is 2.54 bits per heavy atom. The molecule has 2 aromatic carbocycles. The fourth-order valence-electron chi connectivity index (χ4n) is 3.84. The molecule has 0 aliphatic carbocycles. The molecule has 0 saturated heterocycles. The predicted octanol–water partition coefficient (Wildman–Crippen LogP) is 4.85. The predicted molar refractivity (Wildman–Crippen MR) is 119 cm³/mol. The molecule has 178 valence electrons. The second kappa shape index (κ2) is 8.31. The summed E-state index contributed by atoms with van der Waals surface area (Å²) in [5.74, 6) is -4.93. The van der Waals surface area contributed by atoms with Gasteiger partial charge >= 0.3 is 0 Å². The van der Waals surface area contributed by atoms with Crippen molar-refractivity contribution in [1.82, 2.24) is 25.1 Å². The molecule has 0 radical (unpaired) electrons. The van der Waals surface area contributed by atoms with Crippen molar-refractivity contribution in [2.24, 2.45) is 0 Å². The van der Waals surface area contributed by atoms with E-state index in [0.29, 0.717) is 23.1 Å². The van der Waals surface area contributed by atoms with Gasteiger partial charge in [0.05, 0.1) is 28.1 Å². The summed E-state index contributed by atoms with van der Waals surface area (Å²) >= 11 is 0. The topological polar surface area (TPSA) is 104 Å². The monoisotopic (exact) mass is 501 g/mol. The Labute approximate surface area is 195 Å². The lowest BCUT2D eigenvalue weighted by atomic mass is 10.0. The van der Waals surface area contributed by atoms with E-state index in [-0.39, 0.29) is 16.0 Å². The average Bonchev–Trinajstić information content (AvgIpc) is 3.49. The van der Waals surface area contributed by atoms with E-state index in [1.807, 2.05) is 0 Å². The van der Waals surface area contributed by atoms with Crippen LogP contribution in [-0.4, -0.2) is 33.6 Å². The van der Waals surface area contributed by atoms with Crippen LogP contribution in [0, 0.1) is 30.2 Å². The highest BCUT2D eigenvalue weighted by atomic mass is 32.2. The van der Waals surface area contributed by atoms with Gasteiger partial charge in [0.2, 0.25) is 0 Å². The third-order valence-electron chi connectivity index (χ3n) is 5.53. The summed E-state index contributed by atoms with van der Waals surface area (Å²) in [7, 11) is -4.25. The highest BCUT2D eigenvalue weighted by Crippen LogP contribution is 2.35. The van der Waals surface area contributed by atoms with E-state index >= 15 is 8.78 Å². The van der Waals surface area contributed by atoms with Crippen LogP contribution in [0.5, 0.6) is 0 Å². The number of sulfone groups is 1. The highest BCUT2D eigenvalue weighted by molar-refractivity contribution is 7.90. The zero-order valence-corrected chi connectivity index (χ0v) is 18.7. The van der Waals surface area contributed by atoms with Gasteiger partial charge in [-0.15, -0.1) is 0 Å². The number of hydrogen-bond donors (Lipinski definition) is 2. The number of nitrogens with one attached hydrogen (secondary N) is 2. The lowest BCUT2D eigenvalue weighted by Gasteiger charge is -2.12. The Morgan fingerprint density at radius 1 is 1.00 bits per heavy atom. The van der Waals surface area contributed by atoms with Crippen LogP contribution in [0.3, 0.4) is 0 Å². The first kappa shape index (κ1) is 22.7. The molecule has 0 aliphatic rings. The van der Waals surface area contributed by atoms with E-state index in [0.717, 1.165) is 18.2 Å². The molecule has 12 heteroatoms. The van der Waals surface area contributed by atoms with E-state index in [1.54, 1.807) is 6.20 Å². The molecule has 0 bridgehead atoms. The summed E-state index contributed by atoms with van der Waals surface area (Å²) in [6.45, 7) is 1.46. The number of H-pyrrole nitrogens is 2. The third kappa shape index (κ3) is 3.85. The normalized spacial score (nSPS) is 11.9. The minimum absolute atomic E-state index is 0.186. The van der Waals surface area contributed by atoms with E-state index in [9.17, 15) is 17.2 Å². The Bertz CT molecular complexity index is 1700. The van der Waals surface area contributed by atoms with Gasteiger partial charge in [-0.05, 0) is 30.7 Å². The van der Waals surface area contributed by atoms with Crippen molar-refractivity contribution in [3.05, 3.63) is 83.4 Å². The van der Waals surface area contributed by atoms with Crippen molar-refractivity contribution < 1.29 is 26.0 Å². The number of pyridine rings is 1. The van der Waals surface area contributed by atoms with Crippen LogP contribution in [0.2, 0.25) is 0 Å². The summed E-state index contributed by atoms with van der Waals surface area (Å²) in [5, 5.41) is 6.87. The van der Waals surface area contributed by atoms with Crippen LogP contribution in [0.15, 0.2) is 53.8 Å². The zero-order chi connectivity index (χ0) is 24.9. The number of benzene rings is 2. The SMILES string of the molecule is Cc1ccc(F)cc1S(=O)(=O)Cc1ncc(F)c(-c2ccc3c(-c4ncc[nH]4)[nH]nc3c2F)c1F. The van der Waals surface area contributed by atoms with Crippen molar-refractivity contribution in [1.29, 1.82) is 0 Å². The van der Waals surface area contributed by atoms with E-state index in [4.69, 9.17) is 0 Å². The molecular weight excluding hydrogens is 486 g/mol. The first-order valence-corrected chi connectivity index (χ1v) is 11.8. The third-order valence-corrected chi connectivity index (χ3v) is 7.29. The molecule has 3 heterocycles. The Balaban J connectivity index is 1.60. The maximum absolute atomic E-state index is 15.4. The molecule has 5 rings (SSSR count). The largest absolute Gasteiger partial charge is 0.343 e. The molecular formula is C23H15F4N5O2S. The van der Waals surface area contributed by atoms with Crippen LogP contribution < -0.4 is 0 Å². The van der Waals surface area contributed by atoms with E-state index < -0.39 is 55.7 Å². The molecule has 2 N–H and O–H groups in total. The standard InChI is InChI=1S/C23H15F4N5O2S/c1-11-2-3-12(24)8-17(11)35(33,34)10-16-20(27)18(15(25)9-30-16)13-4-5-14-21(19(13)26)31-32-22(14)23-28-6-7-29-23/h2-9H,10H2,1H3,(H,28,29)(H,31,32). The lowest BCUT2D eigenvalue weighted by Crippen LogP contribution is -2.11. The van der Waals surface area contributed by atoms with Crippen LogP contribution in [-0.2, 0) is 15.6 Å². The quantitative estimate of drug-likeness (QED) is 0.335. The molecule has 0 amide bonds. The van der Waals surface area contributed by atoms with Crippen molar-refractivity contribution in [2.75, 3.05) is 0 Å². The average molecular weight is 501 g/mol. The molecule has 35 heavy (non-hydrogen) atoms. The molecule has 7 nitrogen and oxygen atoms in total. The molecule has 0 aliphatic heterocycles. The van der Waals surface area contributed by atoms with Crippen molar-refractivity contribution in [3.8, 4) is 22.6 Å². The Morgan fingerprint density at radius 2 is 1.80 bits per heavy atom. The molecule has 0 saturated carbocycles. The maximum atomic E-state index is 15.4. The first-order chi connectivity index (χ1) is 16.7. The minimum Gasteiger partial charge on any atom is -0.343 e. The molecule has 0 fully saturated rings. The fourth-order valence-corrected chi connectivity index (χ4v) is 5.41. The number of aromatic nitrogens is 5. The Kier molecular flexibility index (Phi) is 5.39. The number of fused-ring (bicyclic) bond motifs is 1. The molecule has 0 unspecified atom stereocenters. The molecule has 0 spiro atoms. The summed E-state index contributed by atoms with van der Waals surface area (Å²) in [4.78, 5) is 10.2. The van der Waals surface area contributed by atoms with Gasteiger partial charge < -0.3 is 4.98 Å². The van der Waals surface area contributed by atoms with E-state index in [2.05, 4.69) is 25.1 Å². The van der Waals surface area contributed by atoms with Crippen molar-refractivity contribution >= 4 is 20.7 Å². The number of halogens is 4. The number of aryl methyl sites for hydroxylation is 1. The fraction of sp³-hybridized carbons (Fsp3) is 0.0870. The lowest BCUT2D eigenvalue weighted by molar-refractivity contribution is 0.558. The smallest absolute Gasteiger partial charge is 0.184 e. The van der Waals surface area contributed by atoms with Crippen LogP contribution >= 0.6 is 0 Å². The first-order valence-electron chi connectivity index (χ1n) is 10.2. The second-order valence-electron chi connectivity index (χ2n) is 7.77. The van der Waals surface area contributed by atoms with Crippen molar-refractivity contribution in [2.45, 2.75) is 17.6 Å². The summed E-state index contributed by atoms with van der Waals surface area (Å²) in [6.07, 6.45) is 3.68. The van der Waals surface area contributed by atoms with Crippen LogP contribution in [0.4, 0.5) is 17.6 Å². The number of rotatable bonds is 5. The minimum atomic E-state index is -4.25. The number of hydrogen-bond acceptors (Lipinski definition) is 5. The van der Waals surface area contributed by atoms with Gasteiger partial charge in [-0.25, -0.2) is 31.0 Å². The number of imidazole rings is 1. The molecule has 0 atom stereocenters. The van der Waals surface area contributed by atoms with Crippen LogP contribution in [0.25, 0.3) is 33.5 Å². The van der Waals surface area contributed by atoms with Gasteiger partial charge in [0, 0.05) is 23.3 Å². The van der Waals surface area contributed by atoms with Crippen LogP contribution in [0.1, 0.15) is 11.3 Å². The second-order valence-corrected chi connectivity index (χ2v) is 9.73. The van der Waals surface area contributed by atoms with Gasteiger partial charge in [-0.2, -0.15) is 5.10 Å². The van der Waals surface area contributed by atoms with Crippen molar-refractivity contribution in [3.63, 3.8) is 0 Å². The number of aromatic amines is 2. The summed E-state index contributed by atoms with van der Waals surface area (Å²) < 4.78 is 84.8. The van der Waals surface area contributed by atoms with Gasteiger partial charge in [0.1, 0.15) is 17.0 Å². The zero-order valence-electron chi connectivity index (χ0n) is 17.9. The highest BCUT2D eigenvalue weighted by Gasteiger charge is 2.27. The van der Waals surface area contributed by atoms with E-state index in [1.165, 1.54) is 25.3 Å². The van der Waals surface area contributed by atoms with Gasteiger partial charge in [-0.3, -0.25) is 10.1 Å². The Hall–Kier alpha value is -4.06. The summed E-state index contributed by atoms with van der Waals surface area (Å²) in [5.41, 5.74) is -1.45. The molecule has 5 aromatic rings. The van der Waals surface area contributed by atoms with Gasteiger partial charge in [-0.1, -0.05) is 12.1 Å². The summed E-state index contributed by atoms with van der Waals surface area (Å²) in [6, 6.07) is 5.76. The molecule has 3 aromatic heterocycles. The van der Waals surface area contributed by atoms with Gasteiger partial charge in [0.15, 0.2) is 33.1 Å². The number of nitrogens with zero attached hydrogens (tertiary/aromatic N) is 3. The van der Waals surface area contributed by atoms with Gasteiger partial charge in [0.25, 0.3) is 0 Å². The maximum Gasteiger partial charge on any atom is 0.184 e.